The minimum absolute atomic E-state index is 0.0856. The molecule has 2 aromatic carbocycles. The van der Waals surface area contributed by atoms with Crippen molar-refractivity contribution in [2.75, 3.05) is 0 Å². The summed E-state index contributed by atoms with van der Waals surface area (Å²) in [5.41, 5.74) is 1.30. The van der Waals surface area contributed by atoms with E-state index in [0.29, 0.717) is 15.6 Å². The molecule has 18 heavy (non-hydrogen) atoms. The molecule has 0 unspecified atom stereocenters. The van der Waals surface area contributed by atoms with Gasteiger partial charge in [-0.15, -0.1) is 0 Å². The maximum atomic E-state index is 12.2. The van der Waals surface area contributed by atoms with Crippen molar-refractivity contribution in [3.8, 4) is 0 Å². The average molecular weight is 344 g/mol. The lowest BCUT2D eigenvalue weighted by molar-refractivity contribution is 0.0993. The number of carbonyl (C=O) groups is 1. The third-order valence-electron chi connectivity index (χ3n) is 2.55. The van der Waals surface area contributed by atoms with E-state index in [-0.39, 0.29) is 12.2 Å². The summed E-state index contributed by atoms with van der Waals surface area (Å²) in [6, 6.07) is 12.6. The van der Waals surface area contributed by atoms with Crippen LogP contribution in [0.25, 0.3) is 0 Å². The Morgan fingerprint density at radius 2 is 1.61 bits per heavy atom. The van der Waals surface area contributed by atoms with Crippen LogP contribution in [0.2, 0.25) is 10.0 Å². The second-order valence-electron chi connectivity index (χ2n) is 3.79. The molecule has 0 radical (unpaired) electrons. The van der Waals surface area contributed by atoms with E-state index in [1.807, 2.05) is 24.3 Å². The summed E-state index contributed by atoms with van der Waals surface area (Å²) in [5.74, 6) is -0.0856. The maximum absolute atomic E-state index is 12.2. The fourth-order valence-corrected chi connectivity index (χ4v) is 2.70. The van der Waals surface area contributed by atoms with E-state index in [1.54, 1.807) is 18.2 Å². The van der Waals surface area contributed by atoms with Crippen molar-refractivity contribution in [1.82, 2.24) is 0 Å². The Balaban J connectivity index is 2.31. The Labute approximate surface area is 124 Å². The minimum Gasteiger partial charge on any atom is -0.294 e. The molecule has 2 rings (SSSR count). The van der Waals surface area contributed by atoms with Gasteiger partial charge in [-0.3, -0.25) is 4.79 Å². The van der Waals surface area contributed by atoms with Crippen LogP contribution in [0.5, 0.6) is 0 Å². The Morgan fingerprint density at radius 3 is 2.22 bits per heavy atom. The number of carbonyl (C=O) groups excluding carboxylic acids is 1. The predicted molar refractivity (Wildman–Crippen MR) is 78.6 cm³/mol. The SMILES string of the molecule is O=C(Cc1ccccc1Br)c1c(Cl)cccc1Cl. The highest BCUT2D eigenvalue weighted by atomic mass is 79.9. The molecule has 0 aliphatic carbocycles. The molecule has 1 nitrogen and oxygen atoms in total. The van der Waals surface area contributed by atoms with E-state index in [1.165, 1.54) is 0 Å². The lowest BCUT2D eigenvalue weighted by Crippen LogP contribution is -2.05. The van der Waals surface area contributed by atoms with E-state index in [4.69, 9.17) is 23.2 Å². The van der Waals surface area contributed by atoms with E-state index >= 15 is 0 Å². The third kappa shape index (κ3) is 2.94. The number of hydrogen-bond donors (Lipinski definition) is 0. The molecule has 0 fully saturated rings. The van der Waals surface area contributed by atoms with E-state index in [2.05, 4.69) is 15.9 Å². The second-order valence-corrected chi connectivity index (χ2v) is 5.46. The van der Waals surface area contributed by atoms with E-state index < -0.39 is 0 Å². The van der Waals surface area contributed by atoms with E-state index in [9.17, 15) is 4.79 Å². The molecule has 0 amide bonds. The maximum Gasteiger partial charge on any atom is 0.170 e. The van der Waals surface area contributed by atoms with Gasteiger partial charge in [0.05, 0.1) is 15.6 Å². The number of rotatable bonds is 3. The largest absolute Gasteiger partial charge is 0.294 e. The van der Waals surface area contributed by atoms with Gasteiger partial charge in [0, 0.05) is 10.9 Å². The first kappa shape index (κ1) is 13.6. The fourth-order valence-electron chi connectivity index (χ4n) is 1.67. The Hall–Kier alpha value is -0.830. The van der Waals surface area contributed by atoms with Crippen LogP contribution in [0.1, 0.15) is 15.9 Å². The zero-order valence-electron chi connectivity index (χ0n) is 9.29. The van der Waals surface area contributed by atoms with Crippen LogP contribution < -0.4 is 0 Å². The molecule has 0 saturated carbocycles. The van der Waals surface area contributed by atoms with Gasteiger partial charge in [0.1, 0.15) is 0 Å². The molecule has 0 atom stereocenters. The molecule has 0 aliphatic rings. The van der Waals surface area contributed by atoms with Crippen molar-refractivity contribution in [2.45, 2.75) is 6.42 Å². The molecule has 0 aliphatic heterocycles. The summed E-state index contributed by atoms with van der Waals surface area (Å²) >= 11 is 15.4. The lowest BCUT2D eigenvalue weighted by Gasteiger charge is -2.07. The average Bonchev–Trinajstić information content (AvgIpc) is 2.32. The molecule has 0 bridgehead atoms. The topological polar surface area (TPSA) is 17.1 Å². The zero-order valence-corrected chi connectivity index (χ0v) is 12.4. The minimum atomic E-state index is -0.0856. The predicted octanol–water partition coefficient (Wildman–Crippen LogP) is 5.18. The number of halogens is 3. The Kier molecular flexibility index (Phi) is 4.44. The zero-order chi connectivity index (χ0) is 13.1. The highest BCUT2D eigenvalue weighted by molar-refractivity contribution is 9.10. The lowest BCUT2D eigenvalue weighted by atomic mass is 10.0. The van der Waals surface area contributed by atoms with Crippen molar-refractivity contribution in [3.63, 3.8) is 0 Å². The normalized spacial score (nSPS) is 10.4. The fraction of sp³-hybridized carbons (Fsp3) is 0.0714. The molecule has 92 valence electrons. The summed E-state index contributed by atoms with van der Waals surface area (Å²) in [4.78, 5) is 12.2. The van der Waals surface area contributed by atoms with Crippen molar-refractivity contribution in [3.05, 3.63) is 68.1 Å². The van der Waals surface area contributed by atoms with Gasteiger partial charge in [0.15, 0.2) is 5.78 Å². The highest BCUT2D eigenvalue weighted by Crippen LogP contribution is 2.27. The monoisotopic (exact) mass is 342 g/mol. The van der Waals surface area contributed by atoms with Crippen LogP contribution in [0, 0.1) is 0 Å². The number of Topliss-reactive ketones (excluding diaryl/α,β-unsaturated/α-hetero) is 1. The molecule has 2 aromatic rings. The van der Waals surface area contributed by atoms with Gasteiger partial charge in [0.2, 0.25) is 0 Å². The van der Waals surface area contributed by atoms with Gasteiger partial charge in [-0.25, -0.2) is 0 Å². The van der Waals surface area contributed by atoms with Crippen molar-refractivity contribution < 1.29 is 4.79 Å². The summed E-state index contributed by atoms with van der Waals surface area (Å²) < 4.78 is 0.904. The smallest absolute Gasteiger partial charge is 0.170 e. The Morgan fingerprint density at radius 1 is 1.00 bits per heavy atom. The molecule has 4 heteroatoms. The number of ketones is 1. The third-order valence-corrected chi connectivity index (χ3v) is 3.95. The van der Waals surface area contributed by atoms with Gasteiger partial charge in [-0.05, 0) is 23.8 Å². The number of benzene rings is 2. The first-order chi connectivity index (χ1) is 8.59. The van der Waals surface area contributed by atoms with Crippen LogP contribution in [0.4, 0.5) is 0 Å². The summed E-state index contributed by atoms with van der Waals surface area (Å²) in [6.45, 7) is 0. The standard InChI is InChI=1S/C14H9BrCl2O/c15-10-5-2-1-4-9(10)8-13(18)14-11(16)6-3-7-12(14)17/h1-7H,8H2. The Bertz CT molecular complexity index is 576. The molecule has 0 spiro atoms. The highest BCUT2D eigenvalue weighted by Gasteiger charge is 2.15. The summed E-state index contributed by atoms with van der Waals surface area (Å²) in [7, 11) is 0. The molecule has 0 saturated heterocycles. The van der Waals surface area contributed by atoms with Crippen molar-refractivity contribution >= 4 is 44.9 Å². The van der Waals surface area contributed by atoms with Gasteiger partial charge in [-0.1, -0.05) is 63.4 Å². The van der Waals surface area contributed by atoms with Crippen LogP contribution in [0.3, 0.4) is 0 Å². The molecule has 0 aromatic heterocycles. The van der Waals surface area contributed by atoms with Crippen LogP contribution in [0.15, 0.2) is 46.9 Å². The molecule has 0 N–H and O–H groups in total. The van der Waals surface area contributed by atoms with Gasteiger partial charge in [0.25, 0.3) is 0 Å². The molecule has 0 heterocycles. The summed E-state index contributed by atoms with van der Waals surface area (Å²) in [5, 5.41) is 0.777. The van der Waals surface area contributed by atoms with Crippen LogP contribution >= 0.6 is 39.1 Å². The number of hydrogen-bond acceptors (Lipinski definition) is 1. The second kappa shape index (κ2) is 5.87. The molecular formula is C14H9BrCl2O. The van der Waals surface area contributed by atoms with Crippen LogP contribution in [-0.4, -0.2) is 5.78 Å². The van der Waals surface area contributed by atoms with Crippen molar-refractivity contribution in [1.29, 1.82) is 0 Å². The van der Waals surface area contributed by atoms with Gasteiger partial charge < -0.3 is 0 Å². The molecular weight excluding hydrogens is 335 g/mol. The van der Waals surface area contributed by atoms with E-state index in [0.717, 1.165) is 10.0 Å². The van der Waals surface area contributed by atoms with Gasteiger partial charge >= 0.3 is 0 Å². The van der Waals surface area contributed by atoms with Crippen LogP contribution in [-0.2, 0) is 6.42 Å². The van der Waals surface area contributed by atoms with Crippen molar-refractivity contribution in [2.24, 2.45) is 0 Å². The van der Waals surface area contributed by atoms with Gasteiger partial charge in [-0.2, -0.15) is 0 Å². The first-order valence-corrected chi connectivity index (χ1v) is 6.85. The summed E-state index contributed by atoms with van der Waals surface area (Å²) in [6.07, 6.45) is 0.269. The quantitative estimate of drug-likeness (QED) is 0.701. The first-order valence-electron chi connectivity index (χ1n) is 5.30.